The number of benzene rings is 2. The lowest BCUT2D eigenvalue weighted by Gasteiger charge is -2.20. The average Bonchev–Trinajstić information content (AvgIpc) is 2.55. The first-order valence-electron chi connectivity index (χ1n) is 5.70. The van der Waals surface area contributed by atoms with Crippen LogP contribution in [0.15, 0.2) is 46.6 Å². The quantitative estimate of drug-likeness (QED) is 0.180. The minimum atomic E-state index is -0.313. The average molecular weight is 766 g/mol. The van der Waals surface area contributed by atoms with Crippen LogP contribution in [0.25, 0.3) is 0 Å². The van der Waals surface area contributed by atoms with Gasteiger partial charge in [0.15, 0.2) is 22.0 Å². The SMILES string of the molecule is O=C(c1c(Br)c(Br)c(Br)c(Br)c1OBr)N(Br)c1ccccc1Br. The molecule has 0 aliphatic heterocycles. The minimum absolute atomic E-state index is 0.313. The van der Waals surface area contributed by atoms with Gasteiger partial charge in [0.2, 0.25) is 0 Å². The molecule has 122 valence electrons. The number of rotatable bonds is 3. The number of halogens is 7. The van der Waals surface area contributed by atoms with Gasteiger partial charge in [-0.25, -0.2) is 3.93 Å². The molecule has 0 saturated heterocycles. The fourth-order valence-electron chi connectivity index (χ4n) is 1.69. The van der Waals surface area contributed by atoms with E-state index in [1.54, 1.807) is 0 Å². The number of hydrogen-bond donors (Lipinski definition) is 0. The van der Waals surface area contributed by atoms with Crippen LogP contribution in [0.2, 0.25) is 0 Å². The molecular formula is C13H4Br7NO2. The smallest absolute Gasteiger partial charge is 0.273 e. The van der Waals surface area contributed by atoms with Gasteiger partial charge in [-0.3, -0.25) is 4.79 Å². The summed E-state index contributed by atoms with van der Waals surface area (Å²) in [6.07, 6.45) is 0. The Balaban J connectivity index is 2.62. The zero-order valence-electron chi connectivity index (χ0n) is 10.7. The van der Waals surface area contributed by atoms with E-state index in [9.17, 15) is 4.79 Å². The van der Waals surface area contributed by atoms with Crippen molar-refractivity contribution in [3.8, 4) is 5.75 Å². The summed E-state index contributed by atoms with van der Waals surface area (Å²) in [6, 6.07) is 7.37. The van der Waals surface area contributed by atoms with Crippen LogP contribution < -0.4 is 7.75 Å². The molecule has 2 aromatic rings. The van der Waals surface area contributed by atoms with Crippen LogP contribution in [0.4, 0.5) is 5.69 Å². The molecule has 0 N–H and O–H groups in total. The van der Waals surface area contributed by atoms with Crippen LogP contribution in [0.3, 0.4) is 0 Å². The van der Waals surface area contributed by atoms with Crippen molar-refractivity contribution in [2.24, 2.45) is 0 Å². The molecule has 0 atom stereocenters. The van der Waals surface area contributed by atoms with E-state index in [0.29, 0.717) is 30.4 Å². The standard InChI is InChI=1S/C13H4Br7NO2/c14-5-3-1-2-4-6(5)21(19)13(22)7-8(15)9(16)10(17)11(18)12(7)23-20/h1-4H. The van der Waals surface area contributed by atoms with Crippen LogP contribution in [0.5, 0.6) is 5.75 Å². The third-order valence-electron chi connectivity index (χ3n) is 2.76. The highest BCUT2D eigenvalue weighted by Gasteiger charge is 2.29. The summed E-state index contributed by atoms with van der Waals surface area (Å²) in [4.78, 5) is 13.0. The van der Waals surface area contributed by atoms with Crippen molar-refractivity contribution in [1.29, 1.82) is 0 Å². The lowest BCUT2D eigenvalue weighted by Crippen LogP contribution is -2.22. The molecule has 0 aliphatic carbocycles. The highest BCUT2D eigenvalue weighted by molar-refractivity contribution is 9.15. The first-order chi connectivity index (χ1) is 10.8. The molecule has 0 radical (unpaired) electrons. The number of carbonyl (C=O) groups excluding carboxylic acids is 1. The molecule has 3 nitrogen and oxygen atoms in total. The van der Waals surface area contributed by atoms with Crippen molar-refractivity contribution < 1.29 is 8.62 Å². The molecule has 0 bridgehead atoms. The molecule has 0 unspecified atom stereocenters. The molecule has 1 amide bonds. The Labute approximate surface area is 191 Å². The van der Waals surface area contributed by atoms with Gasteiger partial charge in [-0.15, -0.1) is 0 Å². The Bertz CT molecular complexity index is 781. The van der Waals surface area contributed by atoms with E-state index in [1.807, 2.05) is 24.3 Å². The number of anilines is 1. The van der Waals surface area contributed by atoms with E-state index in [-0.39, 0.29) is 5.91 Å². The number of carbonyl (C=O) groups is 1. The summed E-state index contributed by atoms with van der Waals surface area (Å²) >= 11 is 23.4. The zero-order chi connectivity index (χ0) is 17.3. The predicted molar refractivity (Wildman–Crippen MR) is 117 cm³/mol. The Morgan fingerprint density at radius 2 is 1.48 bits per heavy atom. The van der Waals surface area contributed by atoms with E-state index < -0.39 is 0 Å². The molecule has 0 saturated carbocycles. The second-order valence-electron chi connectivity index (χ2n) is 4.07. The third kappa shape index (κ3) is 4.09. The van der Waals surface area contributed by atoms with E-state index in [4.69, 9.17) is 3.83 Å². The van der Waals surface area contributed by atoms with Crippen LogP contribution >= 0.6 is 112 Å². The van der Waals surface area contributed by atoms with Crippen molar-refractivity contribution in [1.82, 2.24) is 0 Å². The highest BCUT2D eigenvalue weighted by atomic mass is 79.9. The number of para-hydroxylation sites is 1. The molecule has 0 fully saturated rings. The fourth-order valence-corrected chi connectivity index (χ4v) is 5.75. The molecule has 10 heteroatoms. The fraction of sp³-hybridized carbons (Fsp3) is 0. The molecule has 2 rings (SSSR count). The van der Waals surface area contributed by atoms with E-state index >= 15 is 0 Å². The maximum atomic E-state index is 13.0. The Hall–Kier alpha value is 1.07. The van der Waals surface area contributed by atoms with Gasteiger partial charge in [-0.1, -0.05) is 12.1 Å². The van der Waals surface area contributed by atoms with Gasteiger partial charge in [-0.2, -0.15) is 0 Å². The third-order valence-corrected chi connectivity index (χ3v) is 9.19. The van der Waals surface area contributed by atoms with Gasteiger partial charge >= 0.3 is 0 Å². The van der Waals surface area contributed by atoms with Crippen LogP contribution in [0, 0.1) is 0 Å². The largest absolute Gasteiger partial charge is 0.416 e. The monoisotopic (exact) mass is 758 g/mol. The van der Waals surface area contributed by atoms with Crippen molar-refractivity contribution in [3.05, 3.63) is 52.2 Å². The number of amides is 1. The topological polar surface area (TPSA) is 29.5 Å². The second kappa shape index (κ2) is 8.64. The van der Waals surface area contributed by atoms with Gasteiger partial charge in [0.1, 0.15) is 5.56 Å². The maximum Gasteiger partial charge on any atom is 0.273 e. The normalized spacial score (nSPS) is 10.6. The zero-order valence-corrected chi connectivity index (χ0v) is 21.8. The van der Waals surface area contributed by atoms with E-state index in [2.05, 4.69) is 112 Å². The molecule has 2 aromatic carbocycles. The molecule has 0 spiro atoms. The molecule has 0 aliphatic rings. The molecule has 0 aromatic heterocycles. The van der Waals surface area contributed by atoms with Gasteiger partial charge < -0.3 is 3.83 Å². The predicted octanol–water partition coefficient (Wildman–Crippen LogP) is 8.14. The molecule has 0 heterocycles. The first kappa shape index (κ1) is 20.4. The van der Waals surface area contributed by atoms with Gasteiger partial charge in [-0.05, 0) is 91.8 Å². The van der Waals surface area contributed by atoms with Gasteiger partial charge in [0.05, 0.1) is 30.8 Å². The Kier molecular flexibility index (Phi) is 7.65. The number of nitrogens with zero attached hydrogens (tertiary/aromatic N) is 1. The number of hydrogen-bond acceptors (Lipinski definition) is 2. The van der Waals surface area contributed by atoms with Gasteiger partial charge in [0.25, 0.3) is 5.91 Å². The first-order valence-corrected chi connectivity index (χ1v) is 11.0. The van der Waals surface area contributed by atoms with Crippen molar-refractivity contribution >= 4 is 124 Å². The van der Waals surface area contributed by atoms with Crippen molar-refractivity contribution in [3.63, 3.8) is 0 Å². The Morgan fingerprint density at radius 3 is 2.04 bits per heavy atom. The summed E-state index contributed by atoms with van der Waals surface area (Å²) in [6.45, 7) is 0. The maximum absolute atomic E-state index is 13.0. The molecule has 23 heavy (non-hydrogen) atoms. The lowest BCUT2D eigenvalue weighted by molar-refractivity contribution is 0.101. The van der Waals surface area contributed by atoms with Crippen molar-refractivity contribution in [2.45, 2.75) is 0 Å². The second-order valence-corrected chi connectivity index (χ2v) is 9.13. The van der Waals surface area contributed by atoms with E-state index in [1.165, 1.54) is 3.93 Å². The van der Waals surface area contributed by atoms with Crippen LogP contribution in [-0.2, 0) is 0 Å². The van der Waals surface area contributed by atoms with E-state index in [0.717, 1.165) is 8.95 Å². The summed E-state index contributed by atoms with van der Waals surface area (Å²) < 4.78 is 9.94. The summed E-state index contributed by atoms with van der Waals surface area (Å²) in [5.41, 5.74) is 0.997. The van der Waals surface area contributed by atoms with Gasteiger partial charge in [0, 0.05) is 13.4 Å². The lowest BCUT2D eigenvalue weighted by atomic mass is 10.2. The molecular weight excluding hydrogens is 761 g/mol. The summed E-state index contributed by atoms with van der Waals surface area (Å²) in [5, 5.41) is 0. The van der Waals surface area contributed by atoms with Crippen LogP contribution in [-0.4, -0.2) is 5.91 Å². The van der Waals surface area contributed by atoms with Crippen LogP contribution in [0.1, 0.15) is 10.4 Å². The minimum Gasteiger partial charge on any atom is -0.416 e. The summed E-state index contributed by atoms with van der Waals surface area (Å²) in [7, 11) is 0. The summed E-state index contributed by atoms with van der Waals surface area (Å²) in [5.74, 6) is 0.0283. The van der Waals surface area contributed by atoms with Crippen molar-refractivity contribution in [2.75, 3.05) is 3.93 Å². The Morgan fingerprint density at radius 1 is 0.913 bits per heavy atom. The highest BCUT2D eigenvalue weighted by Crippen LogP contribution is 2.47.